The van der Waals surface area contributed by atoms with Crippen LogP contribution in [0.1, 0.15) is 19.3 Å². The van der Waals surface area contributed by atoms with Crippen LogP contribution in [0.2, 0.25) is 0 Å². The predicted octanol–water partition coefficient (Wildman–Crippen LogP) is 1.09. The van der Waals surface area contributed by atoms with Crippen molar-refractivity contribution in [1.82, 2.24) is 14.7 Å². The highest BCUT2D eigenvalue weighted by Crippen LogP contribution is 2.32. The minimum Gasteiger partial charge on any atom is -0.349 e. The summed E-state index contributed by atoms with van der Waals surface area (Å²) in [6.45, 7) is 1.65. The lowest BCUT2D eigenvalue weighted by atomic mass is 10.1. The zero-order valence-electron chi connectivity index (χ0n) is 12.3. The van der Waals surface area contributed by atoms with Crippen molar-refractivity contribution in [2.24, 2.45) is 10.9 Å². The number of guanidine groups is 1. The summed E-state index contributed by atoms with van der Waals surface area (Å²) in [5.41, 5.74) is 0. The first-order chi connectivity index (χ1) is 8.49. The van der Waals surface area contributed by atoms with E-state index in [2.05, 4.69) is 9.89 Å². The molecule has 6 heteroatoms. The summed E-state index contributed by atoms with van der Waals surface area (Å²) < 4.78 is 0. The van der Waals surface area contributed by atoms with Crippen LogP contribution < -0.4 is 0 Å². The molecule has 2 aliphatic rings. The summed E-state index contributed by atoms with van der Waals surface area (Å²) in [6.07, 6.45) is 3.07. The Kier molecular flexibility index (Phi) is 5.88. The molecule has 0 aromatic rings. The van der Waals surface area contributed by atoms with Crippen LogP contribution in [0.3, 0.4) is 0 Å². The lowest BCUT2D eigenvalue weighted by Gasteiger charge is -2.23. The molecule has 0 N–H and O–H groups in total. The van der Waals surface area contributed by atoms with Gasteiger partial charge in [-0.1, -0.05) is 0 Å². The Hall–Kier alpha value is -0.530. The van der Waals surface area contributed by atoms with Crippen molar-refractivity contribution in [3.63, 3.8) is 0 Å². The number of halogens is 1. The van der Waals surface area contributed by atoms with Gasteiger partial charge in [-0.25, -0.2) is 0 Å². The number of hydrogen-bond donors (Lipinski definition) is 0. The van der Waals surface area contributed by atoms with E-state index in [0.29, 0.717) is 24.3 Å². The molecule has 1 aliphatic heterocycles. The first kappa shape index (κ1) is 16.5. The van der Waals surface area contributed by atoms with E-state index in [0.717, 1.165) is 19.0 Å². The smallest absolute Gasteiger partial charge is 0.223 e. The van der Waals surface area contributed by atoms with Gasteiger partial charge in [-0.2, -0.15) is 0 Å². The molecular weight excluding hydrogens is 355 g/mol. The molecular formula is C13H25IN4O. The molecule has 1 saturated carbocycles. The molecule has 1 unspecified atom stereocenters. The number of amides is 1. The van der Waals surface area contributed by atoms with E-state index in [9.17, 15) is 4.79 Å². The quantitative estimate of drug-likeness (QED) is 0.418. The fourth-order valence-electron chi connectivity index (χ4n) is 2.56. The third kappa shape index (κ3) is 4.22. The Morgan fingerprint density at radius 3 is 2.32 bits per heavy atom. The zero-order chi connectivity index (χ0) is 13.3. The maximum Gasteiger partial charge on any atom is 0.223 e. The van der Waals surface area contributed by atoms with Gasteiger partial charge in [0, 0.05) is 59.7 Å². The van der Waals surface area contributed by atoms with E-state index >= 15 is 0 Å². The molecule has 0 aromatic heterocycles. The first-order valence-corrected chi connectivity index (χ1v) is 6.67. The van der Waals surface area contributed by atoms with Crippen molar-refractivity contribution in [1.29, 1.82) is 0 Å². The Morgan fingerprint density at radius 1 is 1.26 bits per heavy atom. The van der Waals surface area contributed by atoms with Crippen molar-refractivity contribution in [3.8, 4) is 0 Å². The van der Waals surface area contributed by atoms with Gasteiger partial charge in [-0.15, -0.1) is 24.0 Å². The normalized spacial score (nSPS) is 22.0. The van der Waals surface area contributed by atoms with E-state index < -0.39 is 0 Å². The third-order valence-electron chi connectivity index (χ3n) is 3.52. The number of carbonyl (C=O) groups is 1. The predicted molar refractivity (Wildman–Crippen MR) is 87.9 cm³/mol. The second-order valence-electron chi connectivity index (χ2n) is 5.78. The van der Waals surface area contributed by atoms with Gasteiger partial charge in [-0.3, -0.25) is 9.79 Å². The minimum absolute atomic E-state index is 0. The lowest BCUT2D eigenvalue weighted by Crippen LogP contribution is -2.36. The van der Waals surface area contributed by atoms with Crippen LogP contribution >= 0.6 is 24.0 Å². The number of hydrogen-bond acceptors (Lipinski definition) is 2. The van der Waals surface area contributed by atoms with Crippen LogP contribution in [-0.4, -0.2) is 73.9 Å². The molecule has 110 valence electrons. The molecule has 0 aromatic carbocycles. The maximum absolute atomic E-state index is 11.8. The van der Waals surface area contributed by atoms with Gasteiger partial charge in [0.1, 0.15) is 0 Å². The van der Waals surface area contributed by atoms with Crippen LogP contribution in [0, 0.1) is 5.92 Å². The number of nitrogens with zero attached hydrogens (tertiary/aromatic N) is 4. The molecule has 1 amide bonds. The monoisotopic (exact) mass is 380 g/mol. The average molecular weight is 380 g/mol. The average Bonchev–Trinajstić information content (AvgIpc) is 3.03. The molecule has 0 radical (unpaired) electrons. The van der Waals surface area contributed by atoms with Crippen LogP contribution in [-0.2, 0) is 4.79 Å². The van der Waals surface area contributed by atoms with Gasteiger partial charge in [0.2, 0.25) is 5.91 Å². The fraction of sp³-hybridized carbons (Fsp3) is 0.846. The highest BCUT2D eigenvalue weighted by atomic mass is 127. The SMILES string of the molecule is CN(C)C(=NCC1CC(=O)N(C2CC2)C1)N(C)C.I. The lowest BCUT2D eigenvalue weighted by molar-refractivity contribution is -0.128. The van der Waals surface area contributed by atoms with Crippen molar-refractivity contribution in [3.05, 3.63) is 0 Å². The second kappa shape index (κ2) is 6.76. The van der Waals surface area contributed by atoms with Crippen LogP contribution in [0.15, 0.2) is 4.99 Å². The molecule has 5 nitrogen and oxygen atoms in total. The molecule has 0 spiro atoms. The van der Waals surface area contributed by atoms with Gasteiger partial charge < -0.3 is 14.7 Å². The molecule has 0 bridgehead atoms. The number of aliphatic imine (C=N–C) groups is 1. The van der Waals surface area contributed by atoms with Gasteiger partial charge in [0.05, 0.1) is 0 Å². The molecule has 19 heavy (non-hydrogen) atoms. The Bertz CT molecular complexity index is 343. The maximum atomic E-state index is 11.8. The van der Waals surface area contributed by atoms with Crippen LogP contribution in [0.4, 0.5) is 0 Å². The topological polar surface area (TPSA) is 39.2 Å². The highest BCUT2D eigenvalue weighted by molar-refractivity contribution is 14.0. The molecule has 1 atom stereocenters. The van der Waals surface area contributed by atoms with Crippen LogP contribution in [0.25, 0.3) is 0 Å². The molecule has 1 aliphatic carbocycles. The van der Waals surface area contributed by atoms with Gasteiger partial charge in [-0.05, 0) is 12.8 Å². The van der Waals surface area contributed by atoms with E-state index in [-0.39, 0.29) is 24.0 Å². The van der Waals surface area contributed by atoms with Crippen molar-refractivity contribution in [2.45, 2.75) is 25.3 Å². The van der Waals surface area contributed by atoms with Crippen LogP contribution in [0.5, 0.6) is 0 Å². The number of carbonyl (C=O) groups excluding carboxylic acids is 1. The molecule has 1 heterocycles. The molecule has 2 fully saturated rings. The second-order valence-corrected chi connectivity index (χ2v) is 5.78. The highest BCUT2D eigenvalue weighted by Gasteiger charge is 2.39. The Balaban J connectivity index is 0.00000180. The van der Waals surface area contributed by atoms with Crippen molar-refractivity contribution < 1.29 is 4.79 Å². The summed E-state index contributed by atoms with van der Waals surface area (Å²) in [6, 6.07) is 0.550. The number of likely N-dealkylation sites (tertiary alicyclic amines) is 1. The summed E-state index contributed by atoms with van der Waals surface area (Å²) in [4.78, 5) is 22.6. The fourth-order valence-corrected chi connectivity index (χ4v) is 2.56. The van der Waals surface area contributed by atoms with Gasteiger partial charge >= 0.3 is 0 Å². The van der Waals surface area contributed by atoms with E-state index in [4.69, 9.17) is 0 Å². The summed E-state index contributed by atoms with van der Waals surface area (Å²) in [5, 5.41) is 0. The third-order valence-corrected chi connectivity index (χ3v) is 3.52. The summed E-state index contributed by atoms with van der Waals surface area (Å²) in [5.74, 6) is 1.69. The minimum atomic E-state index is 0. The van der Waals surface area contributed by atoms with E-state index in [1.165, 1.54) is 12.8 Å². The summed E-state index contributed by atoms with van der Waals surface area (Å²) in [7, 11) is 7.98. The Morgan fingerprint density at radius 2 is 1.84 bits per heavy atom. The van der Waals surface area contributed by atoms with E-state index in [1.54, 1.807) is 0 Å². The van der Waals surface area contributed by atoms with Crippen molar-refractivity contribution in [2.75, 3.05) is 41.3 Å². The van der Waals surface area contributed by atoms with Gasteiger partial charge in [0.15, 0.2) is 5.96 Å². The zero-order valence-corrected chi connectivity index (χ0v) is 14.6. The number of rotatable bonds is 3. The summed E-state index contributed by atoms with van der Waals surface area (Å²) >= 11 is 0. The van der Waals surface area contributed by atoms with Crippen molar-refractivity contribution >= 4 is 35.8 Å². The van der Waals surface area contributed by atoms with E-state index in [1.807, 2.05) is 38.0 Å². The Labute approximate surface area is 133 Å². The molecule has 1 saturated heterocycles. The standard InChI is InChI=1S/C13H24N4O.HI/c1-15(2)13(16(3)4)14-8-10-7-12(18)17(9-10)11-5-6-11;/h10-11H,5-9H2,1-4H3;1H. The van der Waals surface area contributed by atoms with Gasteiger partial charge in [0.25, 0.3) is 0 Å². The first-order valence-electron chi connectivity index (χ1n) is 6.67. The largest absolute Gasteiger partial charge is 0.349 e. The molecule has 2 rings (SSSR count).